The Morgan fingerprint density at radius 2 is 2.07 bits per heavy atom. The Bertz CT molecular complexity index is 368. The zero-order chi connectivity index (χ0) is 11.3. The van der Waals surface area contributed by atoms with Crippen LogP contribution in [0, 0.1) is 0 Å². The highest BCUT2D eigenvalue weighted by molar-refractivity contribution is 6.30. The van der Waals surface area contributed by atoms with Gasteiger partial charge in [0.25, 0.3) is 0 Å². The van der Waals surface area contributed by atoms with Crippen molar-refractivity contribution < 1.29 is 14.6 Å². The average Bonchev–Trinajstić information content (AvgIpc) is 2.20. The van der Waals surface area contributed by atoms with Crippen molar-refractivity contribution in [3.63, 3.8) is 0 Å². The lowest BCUT2D eigenvalue weighted by atomic mass is 10.1. The molecule has 0 saturated carbocycles. The van der Waals surface area contributed by atoms with E-state index in [-0.39, 0.29) is 12.2 Å². The number of carbonyl (C=O) groups is 1. The fourth-order valence-corrected chi connectivity index (χ4v) is 1.21. The predicted octanol–water partition coefficient (Wildman–Crippen LogP) is 2.45. The first-order valence-corrected chi connectivity index (χ1v) is 4.69. The van der Waals surface area contributed by atoms with Crippen LogP contribution in [-0.4, -0.2) is 24.8 Å². The summed E-state index contributed by atoms with van der Waals surface area (Å²) in [4.78, 5) is 10.8. The van der Waals surface area contributed by atoms with E-state index in [4.69, 9.17) is 21.4 Å². The number of benzene rings is 1. The molecule has 0 aromatic heterocycles. The van der Waals surface area contributed by atoms with Gasteiger partial charge in [0.2, 0.25) is 0 Å². The Morgan fingerprint density at radius 1 is 1.47 bits per heavy atom. The molecule has 0 unspecified atom stereocenters. The molecule has 3 nitrogen and oxygen atoms in total. The van der Waals surface area contributed by atoms with Crippen LogP contribution in [0.3, 0.4) is 0 Å². The quantitative estimate of drug-likeness (QED) is 0.803. The molecule has 0 fully saturated rings. The first kappa shape index (κ1) is 11.8. The van der Waals surface area contributed by atoms with Crippen molar-refractivity contribution in [3.05, 3.63) is 40.4 Å². The molecule has 0 spiro atoms. The lowest BCUT2D eigenvalue weighted by Crippen LogP contribution is -2.06. The van der Waals surface area contributed by atoms with E-state index in [0.717, 1.165) is 5.56 Å². The van der Waals surface area contributed by atoms with E-state index in [0.29, 0.717) is 5.02 Å². The van der Waals surface area contributed by atoms with Crippen molar-refractivity contribution >= 4 is 23.6 Å². The van der Waals surface area contributed by atoms with Gasteiger partial charge >= 0.3 is 5.97 Å². The lowest BCUT2D eigenvalue weighted by Gasteiger charge is -2.01. The molecular weight excluding hydrogens is 216 g/mol. The first-order valence-electron chi connectivity index (χ1n) is 4.32. The van der Waals surface area contributed by atoms with Gasteiger partial charge in [0.05, 0.1) is 12.2 Å². The van der Waals surface area contributed by atoms with Crippen LogP contribution >= 0.6 is 11.6 Å². The van der Waals surface area contributed by atoms with Crippen LogP contribution < -0.4 is 0 Å². The minimum absolute atomic E-state index is 0.0813. The normalized spacial score (nSPS) is 11.5. The monoisotopic (exact) mass is 226 g/mol. The highest BCUT2D eigenvalue weighted by Crippen LogP contribution is 2.12. The summed E-state index contributed by atoms with van der Waals surface area (Å²) < 4.78 is 4.79. The SMILES string of the molecule is COC/C(=C\c1ccc(Cl)cc1)C(=O)O. The Balaban J connectivity index is 2.91. The van der Waals surface area contributed by atoms with Crippen LogP contribution in [0.1, 0.15) is 5.56 Å². The van der Waals surface area contributed by atoms with Crippen molar-refractivity contribution in [3.8, 4) is 0 Å². The number of halogens is 1. The molecule has 0 heterocycles. The number of hydrogen-bond acceptors (Lipinski definition) is 2. The van der Waals surface area contributed by atoms with E-state index < -0.39 is 5.97 Å². The zero-order valence-electron chi connectivity index (χ0n) is 8.24. The van der Waals surface area contributed by atoms with Gasteiger partial charge in [0.1, 0.15) is 0 Å². The van der Waals surface area contributed by atoms with Crippen LogP contribution in [0.2, 0.25) is 5.02 Å². The molecule has 1 aromatic rings. The van der Waals surface area contributed by atoms with E-state index in [1.165, 1.54) is 7.11 Å². The van der Waals surface area contributed by atoms with Gasteiger partial charge in [0.15, 0.2) is 0 Å². The number of carboxylic acids is 1. The van der Waals surface area contributed by atoms with Gasteiger partial charge in [-0.2, -0.15) is 0 Å². The fourth-order valence-electron chi connectivity index (χ4n) is 1.08. The average molecular weight is 227 g/mol. The highest BCUT2D eigenvalue weighted by Gasteiger charge is 2.06. The largest absolute Gasteiger partial charge is 0.478 e. The number of carboxylic acid groups (broad SMARTS) is 1. The summed E-state index contributed by atoms with van der Waals surface area (Å²) in [5.41, 5.74) is 0.994. The van der Waals surface area contributed by atoms with Gasteiger partial charge in [-0.05, 0) is 23.8 Å². The van der Waals surface area contributed by atoms with Gasteiger partial charge in [-0.1, -0.05) is 23.7 Å². The molecule has 0 atom stereocenters. The molecule has 0 amide bonds. The second kappa shape index (κ2) is 5.53. The van der Waals surface area contributed by atoms with Crippen molar-refractivity contribution in [2.75, 3.05) is 13.7 Å². The summed E-state index contributed by atoms with van der Waals surface area (Å²) in [5.74, 6) is -0.980. The second-order valence-electron chi connectivity index (χ2n) is 2.96. The second-order valence-corrected chi connectivity index (χ2v) is 3.40. The molecule has 4 heteroatoms. The van der Waals surface area contributed by atoms with Crippen molar-refractivity contribution in [1.29, 1.82) is 0 Å². The van der Waals surface area contributed by atoms with Crippen LogP contribution in [0.25, 0.3) is 6.08 Å². The Kier molecular flexibility index (Phi) is 4.34. The Hall–Kier alpha value is -1.32. The van der Waals surface area contributed by atoms with Gasteiger partial charge < -0.3 is 9.84 Å². The third-order valence-electron chi connectivity index (χ3n) is 1.79. The van der Waals surface area contributed by atoms with E-state index >= 15 is 0 Å². The molecular formula is C11H11ClO3. The van der Waals surface area contributed by atoms with Gasteiger partial charge in [0, 0.05) is 12.1 Å². The number of ether oxygens (including phenoxy) is 1. The van der Waals surface area contributed by atoms with Crippen LogP contribution in [-0.2, 0) is 9.53 Å². The maximum absolute atomic E-state index is 10.8. The van der Waals surface area contributed by atoms with Gasteiger partial charge in [-0.15, -0.1) is 0 Å². The molecule has 15 heavy (non-hydrogen) atoms. The molecule has 0 aliphatic rings. The molecule has 0 bridgehead atoms. The zero-order valence-corrected chi connectivity index (χ0v) is 8.99. The van der Waals surface area contributed by atoms with Gasteiger partial charge in [-0.25, -0.2) is 4.79 Å². The Morgan fingerprint density at radius 3 is 2.53 bits per heavy atom. The highest BCUT2D eigenvalue weighted by atomic mass is 35.5. The molecule has 0 aliphatic heterocycles. The summed E-state index contributed by atoms with van der Waals surface area (Å²) in [6.45, 7) is 0.0813. The van der Waals surface area contributed by atoms with Crippen molar-refractivity contribution in [2.45, 2.75) is 0 Å². The van der Waals surface area contributed by atoms with E-state index in [9.17, 15) is 4.79 Å². The van der Waals surface area contributed by atoms with E-state index in [1.54, 1.807) is 30.3 Å². The smallest absolute Gasteiger partial charge is 0.333 e. The van der Waals surface area contributed by atoms with Crippen LogP contribution in [0.15, 0.2) is 29.8 Å². The molecule has 1 N–H and O–H groups in total. The van der Waals surface area contributed by atoms with E-state index in [2.05, 4.69) is 0 Å². The van der Waals surface area contributed by atoms with E-state index in [1.807, 2.05) is 0 Å². The molecule has 0 radical (unpaired) electrons. The van der Waals surface area contributed by atoms with Crippen LogP contribution in [0.5, 0.6) is 0 Å². The van der Waals surface area contributed by atoms with Crippen molar-refractivity contribution in [2.24, 2.45) is 0 Å². The third-order valence-corrected chi connectivity index (χ3v) is 2.04. The molecule has 1 rings (SSSR count). The summed E-state index contributed by atoms with van der Waals surface area (Å²) in [6, 6.07) is 6.92. The fraction of sp³-hybridized carbons (Fsp3) is 0.182. The summed E-state index contributed by atoms with van der Waals surface area (Å²) in [7, 11) is 1.46. The lowest BCUT2D eigenvalue weighted by molar-refractivity contribution is -0.133. The molecule has 1 aromatic carbocycles. The minimum atomic E-state index is -0.980. The predicted molar refractivity (Wildman–Crippen MR) is 58.9 cm³/mol. The number of methoxy groups -OCH3 is 1. The minimum Gasteiger partial charge on any atom is -0.478 e. The maximum Gasteiger partial charge on any atom is 0.333 e. The van der Waals surface area contributed by atoms with Crippen molar-refractivity contribution in [1.82, 2.24) is 0 Å². The first-order chi connectivity index (χ1) is 7.13. The van der Waals surface area contributed by atoms with Gasteiger partial charge in [-0.3, -0.25) is 0 Å². The molecule has 0 aliphatic carbocycles. The third kappa shape index (κ3) is 3.73. The van der Waals surface area contributed by atoms with Crippen LogP contribution in [0.4, 0.5) is 0 Å². The maximum atomic E-state index is 10.8. The number of aliphatic carboxylic acids is 1. The summed E-state index contributed by atoms with van der Waals surface area (Å²) in [5, 5.41) is 9.47. The summed E-state index contributed by atoms with van der Waals surface area (Å²) in [6.07, 6.45) is 1.56. The topological polar surface area (TPSA) is 46.5 Å². The molecule has 0 saturated heterocycles. The number of rotatable bonds is 4. The standard InChI is InChI=1S/C11H11ClO3/c1-15-7-9(11(13)14)6-8-2-4-10(12)5-3-8/h2-6H,7H2,1H3,(H,13,14)/b9-6+. The Labute approximate surface area is 92.9 Å². The molecule has 80 valence electrons. The summed E-state index contributed by atoms with van der Waals surface area (Å²) >= 11 is 5.71. The number of hydrogen-bond donors (Lipinski definition) is 1.